The van der Waals surface area contributed by atoms with Crippen molar-refractivity contribution in [3.05, 3.63) is 23.8 Å². The summed E-state index contributed by atoms with van der Waals surface area (Å²) in [6, 6.07) is 5.78. The maximum atomic E-state index is 6.27. The molecular formula is C17H25NO3. The van der Waals surface area contributed by atoms with Gasteiger partial charge in [-0.1, -0.05) is 18.9 Å². The molecule has 1 saturated heterocycles. The van der Waals surface area contributed by atoms with Crippen molar-refractivity contribution in [2.24, 2.45) is 5.73 Å². The van der Waals surface area contributed by atoms with Crippen molar-refractivity contribution in [1.29, 1.82) is 0 Å². The van der Waals surface area contributed by atoms with Crippen molar-refractivity contribution in [3.63, 3.8) is 0 Å². The third-order valence-electron chi connectivity index (χ3n) is 4.77. The van der Waals surface area contributed by atoms with E-state index in [4.69, 9.17) is 19.9 Å². The van der Waals surface area contributed by atoms with Gasteiger partial charge in [-0.2, -0.15) is 0 Å². The first-order valence-corrected chi connectivity index (χ1v) is 7.92. The van der Waals surface area contributed by atoms with E-state index in [1.165, 1.54) is 32.1 Å². The molecule has 0 amide bonds. The highest BCUT2D eigenvalue weighted by atomic mass is 16.6. The normalized spacial score (nSPS) is 23.6. The van der Waals surface area contributed by atoms with Crippen molar-refractivity contribution in [2.45, 2.75) is 56.8 Å². The average Bonchev–Trinajstić information content (AvgIpc) is 3.15. The van der Waals surface area contributed by atoms with E-state index in [-0.39, 0.29) is 11.7 Å². The van der Waals surface area contributed by atoms with Crippen molar-refractivity contribution in [1.82, 2.24) is 0 Å². The summed E-state index contributed by atoms with van der Waals surface area (Å²) in [4.78, 5) is 0. The standard InChI is InChI=1S/C17H25NO3/c1-19-14-5-4-13(11-18)16(10-14)20-12-15-6-9-17(21-15)7-2-3-8-17/h4-5,10,15H,2-3,6-9,11-12,18H2,1H3. The van der Waals surface area contributed by atoms with Gasteiger partial charge < -0.3 is 19.9 Å². The van der Waals surface area contributed by atoms with Crippen molar-refractivity contribution in [3.8, 4) is 11.5 Å². The summed E-state index contributed by atoms with van der Waals surface area (Å²) in [6.07, 6.45) is 7.54. The van der Waals surface area contributed by atoms with Gasteiger partial charge in [-0.3, -0.25) is 0 Å². The summed E-state index contributed by atoms with van der Waals surface area (Å²) in [5, 5.41) is 0. The van der Waals surface area contributed by atoms with Crippen LogP contribution < -0.4 is 15.2 Å². The second-order valence-electron chi connectivity index (χ2n) is 6.16. The fraction of sp³-hybridized carbons (Fsp3) is 0.647. The zero-order chi connectivity index (χ0) is 14.7. The van der Waals surface area contributed by atoms with E-state index in [0.717, 1.165) is 23.5 Å². The topological polar surface area (TPSA) is 53.7 Å². The summed E-state index contributed by atoms with van der Waals surface area (Å²) < 4.78 is 17.5. The van der Waals surface area contributed by atoms with E-state index in [2.05, 4.69) is 0 Å². The Morgan fingerprint density at radius 3 is 2.81 bits per heavy atom. The minimum Gasteiger partial charge on any atom is -0.497 e. The molecule has 2 N–H and O–H groups in total. The van der Waals surface area contributed by atoms with Gasteiger partial charge in [0.25, 0.3) is 0 Å². The average molecular weight is 291 g/mol. The first kappa shape index (κ1) is 14.7. The predicted octanol–water partition coefficient (Wildman–Crippen LogP) is 3.02. The largest absolute Gasteiger partial charge is 0.497 e. The molecule has 0 bridgehead atoms. The molecule has 1 aliphatic carbocycles. The molecule has 4 nitrogen and oxygen atoms in total. The lowest BCUT2D eigenvalue weighted by atomic mass is 9.98. The minimum atomic E-state index is 0.166. The maximum absolute atomic E-state index is 6.27. The van der Waals surface area contributed by atoms with Crippen molar-refractivity contribution >= 4 is 0 Å². The van der Waals surface area contributed by atoms with Crippen LogP contribution in [-0.2, 0) is 11.3 Å². The smallest absolute Gasteiger partial charge is 0.127 e. The van der Waals surface area contributed by atoms with Crippen LogP contribution in [0.15, 0.2) is 18.2 Å². The van der Waals surface area contributed by atoms with E-state index in [1.54, 1.807) is 7.11 Å². The van der Waals surface area contributed by atoms with Crippen LogP contribution in [0.25, 0.3) is 0 Å². The van der Waals surface area contributed by atoms with Gasteiger partial charge in [-0.05, 0) is 31.7 Å². The maximum Gasteiger partial charge on any atom is 0.127 e. The summed E-state index contributed by atoms with van der Waals surface area (Å²) in [7, 11) is 1.66. The Morgan fingerprint density at radius 2 is 2.10 bits per heavy atom. The van der Waals surface area contributed by atoms with Gasteiger partial charge in [-0.15, -0.1) is 0 Å². The van der Waals surface area contributed by atoms with E-state index < -0.39 is 0 Å². The van der Waals surface area contributed by atoms with Crippen molar-refractivity contribution < 1.29 is 14.2 Å². The number of methoxy groups -OCH3 is 1. The molecule has 0 aromatic heterocycles. The molecule has 4 heteroatoms. The Kier molecular flexibility index (Phi) is 4.36. The van der Waals surface area contributed by atoms with Gasteiger partial charge in [0.1, 0.15) is 18.1 Å². The van der Waals surface area contributed by atoms with E-state index >= 15 is 0 Å². The Balaban J connectivity index is 1.60. The zero-order valence-corrected chi connectivity index (χ0v) is 12.8. The van der Waals surface area contributed by atoms with Crippen LogP contribution in [0.2, 0.25) is 0 Å². The first-order chi connectivity index (χ1) is 10.2. The summed E-state index contributed by atoms with van der Waals surface area (Å²) in [5.74, 6) is 1.61. The molecule has 0 radical (unpaired) electrons. The van der Waals surface area contributed by atoms with E-state index in [9.17, 15) is 0 Å². The first-order valence-electron chi connectivity index (χ1n) is 7.92. The van der Waals surface area contributed by atoms with Crippen molar-refractivity contribution in [2.75, 3.05) is 13.7 Å². The lowest BCUT2D eigenvalue weighted by Crippen LogP contribution is -2.27. The predicted molar refractivity (Wildman–Crippen MR) is 81.7 cm³/mol. The highest BCUT2D eigenvalue weighted by molar-refractivity contribution is 5.40. The van der Waals surface area contributed by atoms with Crippen LogP contribution in [0.5, 0.6) is 11.5 Å². The Morgan fingerprint density at radius 1 is 1.29 bits per heavy atom. The van der Waals surface area contributed by atoms with Crippen LogP contribution in [0.1, 0.15) is 44.1 Å². The monoisotopic (exact) mass is 291 g/mol. The SMILES string of the molecule is COc1ccc(CN)c(OCC2CCC3(CCCC3)O2)c1. The summed E-state index contributed by atoms with van der Waals surface area (Å²) in [6.45, 7) is 1.07. The number of rotatable bonds is 5. The Hall–Kier alpha value is -1.26. The number of benzene rings is 1. The molecule has 1 aromatic carbocycles. The fourth-order valence-corrected chi connectivity index (χ4v) is 3.55. The molecule has 1 spiro atoms. The lowest BCUT2D eigenvalue weighted by molar-refractivity contribution is -0.0509. The molecule has 1 heterocycles. The van der Waals surface area contributed by atoms with E-state index in [1.807, 2.05) is 18.2 Å². The van der Waals surface area contributed by atoms with Gasteiger partial charge in [-0.25, -0.2) is 0 Å². The second kappa shape index (κ2) is 6.24. The quantitative estimate of drug-likeness (QED) is 0.906. The third-order valence-corrected chi connectivity index (χ3v) is 4.77. The van der Waals surface area contributed by atoms with E-state index in [0.29, 0.717) is 13.2 Å². The van der Waals surface area contributed by atoms with Crippen LogP contribution in [-0.4, -0.2) is 25.4 Å². The highest BCUT2D eigenvalue weighted by Gasteiger charge is 2.42. The van der Waals surface area contributed by atoms with Crippen LogP contribution >= 0.6 is 0 Å². The number of hydrogen-bond donors (Lipinski definition) is 1. The molecular weight excluding hydrogens is 266 g/mol. The van der Waals surface area contributed by atoms with Gasteiger partial charge >= 0.3 is 0 Å². The third kappa shape index (κ3) is 3.16. The molecule has 116 valence electrons. The Bertz CT molecular complexity index is 483. The lowest BCUT2D eigenvalue weighted by Gasteiger charge is -2.24. The zero-order valence-electron chi connectivity index (χ0n) is 12.8. The number of hydrogen-bond acceptors (Lipinski definition) is 4. The molecule has 1 atom stereocenters. The molecule has 1 unspecified atom stereocenters. The van der Waals surface area contributed by atoms with Gasteiger partial charge in [0.05, 0.1) is 18.8 Å². The summed E-state index contributed by atoms with van der Waals surface area (Å²) in [5.41, 5.74) is 6.94. The molecule has 1 aromatic rings. The van der Waals surface area contributed by atoms with Crippen LogP contribution in [0.3, 0.4) is 0 Å². The van der Waals surface area contributed by atoms with Gasteiger partial charge in [0.15, 0.2) is 0 Å². The van der Waals surface area contributed by atoms with Crippen LogP contribution in [0.4, 0.5) is 0 Å². The summed E-state index contributed by atoms with van der Waals surface area (Å²) >= 11 is 0. The molecule has 21 heavy (non-hydrogen) atoms. The molecule has 3 rings (SSSR count). The van der Waals surface area contributed by atoms with Crippen LogP contribution in [0, 0.1) is 0 Å². The number of ether oxygens (including phenoxy) is 3. The highest BCUT2D eigenvalue weighted by Crippen LogP contribution is 2.43. The molecule has 1 saturated carbocycles. The second-order valence-corrected chi connectivity index (χ2v) is 6.16. The van der Waals surface area contributed by atoms with Gasteiger partial charge in [0, 0.05) is 18.2 Å². The molecule has 2 fully saturated rings. The molecule has 1 aliphatic heterocycles. The molecule has 2 aliphatic rings. The fourth-order valence-electron chi connectivity index (χ4n) is 3.55. The Labute approximate surface area is 126 Å². The minimum absolute atomic E-state index is 0.166. The number of nitrogens with two attached hydrogens (primary N) is 1. The van der Waals surface area contributed by atoms with Gasteiger partial charge in [0.2, 0.25) is 0 Å².